The summed E-state index contributed by atoms with van der Waals surface area (Å²) in [6.45, 7) is 4.49. The van der Waals surface area contributed by atoms with Gasteiger partial charge in [0.15, 0.2) is 0 Å². The van der Waals surface area contributed by atoms with Crippen LogP contribution in [-0.2, 0) is 4.79 Å². The minimum Gasteiger partial charge on any atom is -0.362 e. The zero-order chi connectivity index (χ0) is 18.7. The van der Waals surface area contributed by atoms with Gasteiger partial charge in [0.1, 0.15) is 5.70 Å². The van der Waals surface area contributed by atoms with Gasteiger partial charge < -0.3 is 20.9 Å². The zero-order valence-corrected chi connectivity index (χ0v) is 15.1. The Labute approximate surface area is 152 Å². The van der Waals surface area contributed by atoms with Crippen LogP contribution in [-0.4, -0.2) is 30.4 Å². The molecule has 0 saturated carbocycles. The van der Waals surface area contributed by atoms with Crippen LogP contribution in [0.5, 0.6) is 0 Å². The van der Waals surface area contributed by atoms with E-state index in [2.05, 4.69) is 16.0 Å². The van der Waals surface area contributed by atoms with Crippen molar-refractivity contribution in [2.45, 2.75) is 13.8 Å². The Kier molecular flexibility index (Phi) is 4.93. The molecule has 0 spiro atoms. The second-order valence-electron chi connectivity index (χ2n) is 6.44. The first-order valence-corrected chi connectivity index (χ1v) is 8.38. The predicted octanol–water partition coefficient (Wildman–Crippen LogP) is 2.83. The third-order valence-corrected chi connectivity index (χ3v) is 4.17. The molecule has 0 unspecified atom stereocenters. The lowest BCUT2D eigenvalue weighted by Crippen LogP contribution is -2.24. The van der Waals surface area contributed by atoms with Crippen molar-refractivity contribution in [3.05, 3.63) is 71.1 Å². The molecule has 134 valence electrons. The average Bonchev–Trinajstić information content (AvgIpc) is 3.05. The van der Waals surface area contributed by atoms with Gasteiger partial charge in [0.05, 0.1) is 6.67 Å². The summed E-state index contributed by atoms with van der Waals surface area (Å²) in [6.07, 6.45) is 1.76. The van der Waals surface area contributed by atoms with E-state index in [1.807, 2.05) is 50.1 Å². The van der Waals surface area contributed by atoms with Gasteiger partial charge in [0.25, 0.3) is 11.8 Å². The van der Waals surface area contributed by atoms with E-state index in [1.54, 1.807) is 24.4 Å². The molecule has 2 amide bonds. The zero-order valence-electron chi connectivity index (χ0n) is 15.1. The fourth-order valence-corrected chi connectivity index (χ4v) is 2.59. The first-order chi connectivity index (χ1) is 12.4. The van der Waals surface area contributed by atoms with Gasteiger partial charge in [-0.05, 0) is 43.7 Å². The van der Waals surface area contributed by atoms with Crippen LogP contribution >= 0.6 is 0 Å². The minimum absolute atomic E-state index is 0.187. The number of carbonyl (C=O) groups excluding carboxylic acids is 2. The van der Waals surface area contributed by atoms with Gasteiger partial charge in [0.2, 0.25) is 0 Å². The number of carbonyl (C=O) groups is 2. The highest BCUT2D eigenvalue weighted by molar-refractivity contribution is 6.06. The number of hydrogen-bond acceptors (Lipinski definition) is 4. The number of hydrogen-bond donors (Lipinski definition) is 3. The molecule has 0 fully saturated rings. The summed E-state index contributed by atoms with van der Waals surface area (Å²) < 4.78 is 0. The van der Waals surface area contributed by atoms with Crippen molar-refractivity contribution in [1.29, 1.82) is 0 Å². The van der Waals surface area contributed by atoms with Gasteiger partial charge >= 0.3 is 0 Å². The maximum absolute atomic E-state index is 12.4. The van der Waals surface area contributed by atoms with Gasteiger partial charge in [-0.3, -0.25) is 9.59 Å². The second-order valence-corrected chi connectivity index (χ2v) is 6.44. The molecule has 0 radical (unpaired) electrons. The molecule has 3 N–H and O–H groups in total. The monoisotopic (exact) mass is 350 g/mol. The molecular weight excluding hydrogens is 328 g/mol. The van der Waals surface area contributed by atoms with E-state index in [-0.39, 0.29) is 11.8 Å². The highest BCUT2D eigenvalue weighted by atomic mass is 16.2. The summed E-state index contributed by atoms with van der Waals surface area (Å²) in [4.78, 5) is 26.6. The molecule has 1 heterocycles. The number of rotatable bonds is 4. The van der Waals surface area contributed by atoms with Gasteiger partial charge in [0, 0.05) is 30.2 Å². The molecule has 1 aliphatic heterocycles. The highest BCUT2D eigenvalue weighted by Gasteiger charge is 2.16. The topological polar surface area (TPSA) is 73.5 Å². The van der Waals surface area contributed by atoms with E-state index < -0.39 is 0 Å². The standard InChI is InChI=1S/C20H22N4O2/c1-13-4-7-15(8-5-13)19(25)22-16-9-6-14(2)17(10-16)23-20(26)18-11-24(3)12-21-18/h4-11,21H,12H2,1-3H3,(H,22,25)(H,23,26). The Morgan fingerprint density at radius 1 is 1.00 bits per heavy atom. The van der Waals surface area contributed by atoms with E-state index >= 15 is 0 Å². The highest BCUT2D eigenvalue weighted by Crippen LogP contribution is 2.22. The van der Waals surface area contributed by atoms with Crippen LogP contribution in [0.25, 0.3) is 0 Å². The summed E-state index contributed by atoms with van der Waals surface area (Å²) in [7, 11) is 1.89. The van der Waals surface area contributed by atoms with Crippen LogP contribution in [0.15, 0.2) is 54.4 Å². The number of nitrogens with one attached hydrogen (secondary N) is 3. The molecule has 0 saturated heterocycles. The van der Waals surface area contributed by atoms with Crippen molar-refractivity contribution in [2.24, 2.45) is 0 Å². The molecule has 1 aliphatic rings. The third-order valence-electron chi connectivity index (χ3n) is 4.17. The summed E-state index contributed by atoms with van der Waals surface area (Å²) in [5.41, 5.74) is 4.41. The minimum atomic E-state index is -0.209. The van der Waals surface area contributed by atoms with Gasteiger partial charge in [-0.1, -0.05) is 23.8 Å². The Bertz CT molecular complexity index is 872. The van der Waals surface area contributed by atoms with Gasteiger partial charge in [-0.2, -0.15) is 0 Å². The maximum Gasteiger partial charge on any atom is 0.273 e. The summed E-state index contributed by atoms with van der Waals surface area (Å²) in [6, 6.07) is 12.8. The smallest absolute Gasteiger partial charge is 0.273 e. The summed E-state index contributed by atoms with van der Waals surface area (Å²) in [5.74, 6) is -0.396. The van der Waals surface area contributed by atoms with Crippen LogP contribution < -0.4 is 16.0 Å². The van der Waals surface area contributed by atoms with Crippen molar-refractivity contribution in [3.63, 3.8) is 0 Å². The lowest BCUT2D eigenvalue weighted by molar-refractivity contribution is -0.113. The van der Waals surface area contributed by atoms with Gasteiger partial charge in [-0.25, -0.2) is 0 Å². The Morgan fingerprint density at radius 2 is 1.73 bits per heavy atom. The lowest BCUT2D eigenvalue weighted by Gasteiger charge is -2.12. The Balaban J connectivity index is 1.73. The van der Waals surface area contributed by atoms with Crippen molar-refractivity contribution >= 4 is 23.2 Å². The molecule has 0 aromatic heterocycles. The van der Waals surface area contributed by atoms with Crippen molar-refractivity contribution in [2.75, 3.05) is 24.3 Å². The average molecular weight is 350 g/mol. The second kappa shape index (κ2) is 7.31. The molecule has 6 heteroatoms. The number of aryl methyl sites for hydroxylation is 2. The number of anilines is 2. The van der Waals surface area contributed by atoms with E-state index in [9.17, 15) is 9.59 Å². The molecule has 2 aromatic carbocycles. The van der Waals surface area contributed by atoms with Crippen LogP contribution in [0.1, 0.15) is 21.5 Å². The van der Waals surface area contributed by atoms with Crippen LogP contribution in [0.3, 0.4) is 0 Å². The number of amides is 2. The Morgan fingerprint density at radius 3 is 2.38 bits per heavy atom. The largest absolute Gasteiger partial charge is 0.362 e. The molecule has 2 aromatic rings. The van der Waals surface area contributed by atoms with Crippen LogP contribution in [0, 0.1) is 13.8 Å². The van der Waals surface area contributed by atoms with Crippen molar-refractivity contribution in [1.82, 2.24) is 10.2 Å². The normalized spacial score (nSPS) is 13.0. The van der Waals surface area contributed by atoms with Crippen LogP contribution in [0.2, 0.25) is 0 Å². The number of nitrogens with zero attached hydrogens (tertiary/aromatic N) is 1. The maximum atomic E-state index is 12.4. The Hall–Kier alpha value is -3.28. The van der Waals surface area contributed by atoms with Crippen molar-refractivity contribution < 1.29 is 9.59 Å². The molecule has 26 heavy (non-hydrogen) atoms. The molecular formula is C20H22N4O2. The first kappa shape index (κ1) is 17.5. The quantitative estimate of drug-likeness (QED) is 0.793. The fourth-order valence-electron chi connectivity index (χ4n) is 2.59. The number of benzene rings is 2. The molecule has 0 atom stereocenters. The van der Waals surface area contributed by atoms with E-state index in [0.29, 0.717) is 29.3 Å². The van der Waals surface area contributed by atoms with Crippen LogP contribution in [0.4, 0.5) is 11.4 Å². The van der Waals surface area contributed by atoms with E-state index in [0.717, 1.165) is 11.1 Å². The third kappa shape index (κ3) is 4.03. The summed E-state index contributed by atoms with van der Waals surface area (Å²) in [5, 5.41) is 8.78. The summed E-state index contributed by atoms with van der Waals surface area (Å²) >= 11 is 0. The SMILES string of the molecule is Cc1ccc(C(=O)Nc2ccc(C)c(NC(=O)C3=CN(C)CN3)c2)cc1. The van der Waals surface area contributed by atoms with Crippen molar-refractivity contribution in [3.8, 4) is 0 Å². The molecule has 0 bridgehead atoms. The van der Waals surface area contributed by atoms with Gasteiger partial charge in [-0.15, -0.1) is 0 Å². The fraction of sp³-hybridized carbons (Fsp3) is 0.200. The molecule has 3 rings (SSSR count). The molecule has 6 nitrogen and oxygen atoms in total. The van der Waals surface area contributed by atoms with E-state index in [1.165, 1.54) is 0 Å². The predicted molar refractivity (Wildman–Crippen MR) is 103 cm³/mol. The lowest BCUT2D eigenvalue weighted by atomic mass is 10.1. The first-order valence-electron chi connectivity index (χ1n) is 8.38. The molecule has 0 aliphatic carbocycles. The van der Waals surface area contributed by atoms with E-state index in [4.69, 9.17) is 0 Å².